The lowest BCUT2D eigenvalue weighted by atomic mass is 9.87. The van der Waals surface area contributed by atoms with Gasteiger partial charge in [0.1, 0.15) is 6.29 Å². The van der Waals surface area contributed by atoms with Crippen molar-refractivity contribution < 1.29 is 14.6 Å². The second kappa shape index (κ2) is 5.71. The van der Waals surface area contributed by atoms with Crippen LogP contribution in [-0.2, 0) is 4.79 Å². The molecule has 1 unspecified atom stereocenters. The number of ether oxygens (including phenoxy) is 1. The maximum Gasteiger partial charge on any atom is 0.161 e. The smallest absolute Gasteiger partial charge is 0.161 e. The van der Waals surface area contributed by atoms with Gasteiger partial charge in [-0.25, -0.2) is 0 Å². The zero-order valence-electron chi connectivity index (χ0n) is 10.9. The first-order valence-electron chi connectivity index (χ1n) is 5.86. The van der Waals surface area contributed by atoms with Gasteiger partial charge in [-0.1, -0.05) is 26.8 Å². The molecule has 0 spiro atoms. The summed E-state index contributed by atoms with van der Waals surface area (Å²) in [5, 5.41) is 10.2. The quantitative estimate of drug-likeness (QED) is 0.798. The normalized spacial score (nSPS) is 12.5. The van der Waals surface area contributed by atoms with Crippen LogP contribution in [0.3, 0.4) is 0 Å². The van der Waals surface area contributed by atoms with Gasteiger partial charge in [0.2, 0.25) is 0 Å². The van der Waals surface area contributed by atoms with E-state index in [0.29, 0.717) is 18.1 Å². The summed E-state index contributed by atoms with van der Waals surface area (Å²) in [4.78, 5) is 10.6. The van der Waals surface area contributed by atoms with Crippen LogP contribution in [0.25, 0.3) is 0 Å². The molecule has 0 heterocycles. The number of methoxy groups -OCH3 is 1. The van der Waals surface area contributed by atoms with Gasteiger partial charge >= 0.3 is 0 Å². The van der Waals surface area contributed by atoms with Gasteiger partial charge < -0.3 is 14.6 Å². The average Bonchev–Trinajstić information content (AvgIpc) is 2.28. The van der Waals surface area contributed by atoms with Gasteiger partial charge in [-0.3, -0.25) is 0 Å². The summed E-state index contributed by atoms with van der Waals surface area (Å²) < 4.78 is 5.11. The highest BCUT2D eigenvalue weighted by Gasteiger charge is 2.20. The Balaban J connectivity index is 3.33. The molecule has 1 atom stereocenters. The second-order valence-electron chi connectivity index (χ2n) is 4.58. The minimum atomic E-state index is -0.000000000000000222. The number of aldehydes is 1. The molecule has 17 heavy (non-hydrogen) atoms. The Morgan fingerprint density at radius 2 is 2.00 bits per heavy atom. The van der Waals surface area contributed by atoms with Crippen molar-refractivity contribution in [1.82, 2.24) is 0 Å². The fraction of sp³-hybridized carbons (Fsp3) is 0.500. The highest BCUT2D eigenvalue weighted by atomic mass is 16.5. The maximum atomic E-state index is 10.6. The van der Waals surface area contributed by atoms with E-state index in [2.05, 4.69) is 13.8 Å². The third-order valence-electron chi connectivity index (χ3n) is 3.00. The summed E-state index contributed by atoms with van der Waals surface area (Å²) in [7, 11) is 1.53. The molecule has 0 aliphatic carbocycles. The lowest BCUT2D eigenvalue weighted by Gasteiger charge is -2.20. The lowest BCUT2D eigenvalue weighted by Crippen LogP contribution is -2.03. The SMILES string of the molecule is COc1ccc(C(C)C)c(C(C)CC=O)c1O. The van der Waals surface area contributed by atoms with Crippen molar-refractivity contribution >= 4 is 6.29 Å². The van der Waals surface area contributed by atoms with Crippen LogP contribution in [0.2, 0.25) is 0 Å². The Morgan fingerprint density at radius 1 is 1.35 bits per heavy atom. The van der Waals surface area contributed by atoms with Crippen LogP contribution in [0.15, 0.2) is 12.1 Å². The molecule has 94 valence electrons. The molecule has 0 saturated carbocycles. The number of benzene rings is 1. The first-order valence-corrected chi connectivity index (χ1v) is 5.86. The predicted molar refractivity (Wildman–Crippen MR) is 67.8 cm³/mol. The highest BCUT2D eigenvalue weighted by Crippen LogP contribution is 2.40. The molecule has 0 aromatic heterocycles. The van der Waals surface area contributed by atoms with Crippen molar-refractivity contribution in [2.24, 2.45) is 0 Å². The number of carbonyl (C=O) groups is 1. The zero-order valence-corrected chi connectivity index (χ0v) is 10.9. The van der Waals surface area contributed by atoms with E-state index in [1.165, 1.54) is 7.11 Å². The molecule has 3 heteroatoms. The molecule has 0 amide bonds. The summed E-state index contributed by atoms with van der Waals surface area (Å²) in [6.45, 7) is 6.07. The van der Waals surface area contributed by atoms with E-state index >= 15 is 0 Å². The van der Waals surface area contributed by atoms with Crippen molar-refractivity contribution in [2.45, 2.75) is 39.0 Å². The monoisotopic (exact) mass is 236 g/mol. The number of aromatic hydroxyl groups is 1. The van der Waals surface area contributed by atoms with Gasteiger partial charge in [0.15, 0.2) is 11.5 Å². The third kappa shape index (κ3) is 2.78. The molecule has 1 aromatic carbocycles. The largest absolute Gasteiger partial charge is 0.504 e. The van der Waals surface area contributed by atoms with Gasteiger partial charge in [0, 0.05) is 12.0 Å². The van der Waals surface area contributed by atoms with Gasteiger partial charge in [0.25, 0.3) is 0 Å². The topological polar surface area (TPSA) is 46.5 Å². The van der Waals surface area contributed by atoms with Crippen LogP contribution in [-0.4, -0.2) is 18.5 Å². The molecule has 0 aliphatic rings. The zero-order chi connectivity index (χ0) is 13.0. The molecule has 1 N–H and O–H groups in total. The van der Waals surface area contributed by atoms with E-state index in [4.69, 9.17) is 4.74 Å². The molecule has 1 aromatic rings. The molecular weight excluding hydrogens is 216 g/mol. The van der Waals surface area contributed by atoms with Gasteiger partial charge in [-0.2, -0.15) is 0 Å². The Kier molecular flexibility index (Phi) is 4.55. The molecule has 0 aliphatic heterocycles. The van der Waals surface area contributed by atoms with E-state index < -0.39 is 0 Å². The van der Waals surface area contributed by atoms with Crippen LogP contribution in [0, 0.1) is 0 Å². The Labute approximate surface area is 102 Å². The van der Waals surface area contributed by atoms with Crippen LogP contribution in [0.5, 0.6) is 11.5 Å². The van der Waals surface area contributed by atoms with Gasteiger partial charge in [0.05, 0.1) is 7.11 Å². The summed E-state index contributed by atoms with van der Waals surface area (Å²) in [5.41, 5.74) is 1.89. The van der Waals surface area contributed by atoms with Crippen LogP contribution >= 0.6 is 0 Å². The lowest BCUT2D eigenvalue weighted by molar-refractivity contribution is -0.108. The summed E-state index contributed by atoms with van der Waals surface area (Å²) in [5.74, 6) is 0.922. The Bertz CT molecular complexity index is 397. The van der Waals surface area contributed by atoms with Crippen molar-refractivity contribution in [2.75, 3.05) is 7.11 Å². The number of rotatable bonds is 5. The number of carbonyl (C=O) groups excluding carboxylic acids is 1. The fourth-order valence-electron chi connectivity index (χ4n) is 2.05. The fourth-order valence-corrected chi connectivity index (χ4v) is 2.05. The van der Waals surface area contributed by atoms with Crippen molar-refractivity contribution in [3.8, 4) is 11.5 Å². The average molecular weight is 236 g/mol. The van der Waals surface area contributed by atoms with Crippen LogP contribution in [0.1, 0.15) is 50.2 Å². The molecule has 0 saturated heterocycles. The van der Waals surface area contributed by atoms with E-state index in [1.807, 2.05) is 13.0 Å². The molecule has 0 bridgehead atoms. The van der Waals surface area contributed by atoms with Crippen molar-refractivity contribution in [3.63, 3.8) is 0 Å². The number of phenols is 1. The Morgan fingerprint density at radius 3 is 2.47 bits per heavy atom. The maximum absolute atomic E-state index is 10.6. The molecule has 3 nitrogen and oxygen atoms in total. The predicted octanol–water partition coefficient (Wildman–Crippen LogP) is 3.22. The van der Waals surface area contributed by atoms with E-state index in [1.54, 1.807) is 6.07 Å². The van der Waals surface area contributed by atoms with Gasteiger partial charge in [-0.05, 0) is 23.5 Å². The minimum Gasteiger partial charge on any atom is -0.504 e. The van der Waals surface area contributed by atoms with Crippen LogP contribution < -0.4 is 4.74 Å². The number of hydrogen-bond donors (Lipinski definition) is 1. The number of hydrogen-bond acceptors (Lipinski definition) is 3. The van der Waals surface area contributed by atoms with Crippen molar-refractivity contribution in [1.29, 1.82) is 0 Å². The van der Waals surface area contributed by atoms with E-state index in [9.17, 15) is 9.90 Å². The van der Waals surface area contributed by atoms with Crippen molar-refractivity contribution in [3.05, 3.63) is 23.3 Å². The summed E-state index contributed by atoms with van der Waals surface area (Å²) in [6.07, 6.45) is 1.29. The molecule has 1 rings (SSSR count). The second-order valence-corrected chi connectivity index (χ2v) is 4.58. The van der Waals surface area contributed by atoms with Crippen LogP contribution in [0.4, 0.5) is 0 Å². The first kappa shape index (κ1) is 13.6. The third-order valence-corrected chi connectivity index (χ3v) is 3.00. The highest BCUT2D eigenvalue weighted by molar-refractivity contribution is 5.57. The number of phenolic OH excluding ortho intramolecular Hbond substituents is 1. The summed E-state index contributed by atoms with van der Waals surface area (Å²) in [6, 6.07) is 3.72. The van der Waals surface area contributed by atoms with Gasteiger partial charge in [-0.15, -0.1) is 0 Å². The first-order chi connectivity index (χ1) is 8.02. The standard InChI is InChI=1S/C14H20O3/c1-9(2)11-5-6-12(17-4)14(16)13(11)10(3)7-8-15/h5-6,8-10,16H,7H2,1-4H3. The van der Waals surface area contributed by atoms with E-state index in [0.717, 1.165) is 17.4 Å². The molecular formula is C14H20O3. The summed E-state index contributed by atoms with van der Waals surface area (Å²) >= 11 is 0. The Hall–Kier alpha value is -1.51. The van der Waals surface area contributed by atoms with E-state index in [-0.39, 0.29) is 11.7 Å². The minimum absolute atomic E-state index is 0.000000000000000222. The molecule has 0 fully saturated rings. The molecule has 0 radical (unpaired) electrons.